The molecular formula is C23H20ClN3O4S2. The average molecular weight is 502 g/mol. The molecule has 33 heavy (non-hydrogen) atoms. The van der Waals surface area contributed by atoms with Crippen molar-refractivity contribution in [2.24, 2.45) is 5.92 Å². The highest BCUT2D eigenvalue weighted by molar-refractivity contribution is 7.93. The number of thiazole rings is 1. The fraction of sp³-hybridized carbons (Fsp3) is 0.261. The van der Waals surface area contributed by atoms with Crippen molar-refractivity contribution in [1.29, 1.82) is 0 Å². The van der Waals surface area contributed by atoms with Crippen molar-refractivity contribution in [3.63, 3.8) is 0 Å². The van der Waals surface area contributed by atoms with E-state index in [1.54, 1.807) is 5.38 Å². The summed E-state index contributed by atoms with van der Waals surface area (Å²) in [6.07, 6.45) is 4.33. The molecule has 1 N–H and O–H groups in total. The first-order chi connectivity index (χ1) is 15.8. The number of fused-ring (bicyclic) bond motifs is 1. The quantitative estimate of drug-likeness (QED) is 0.515. The normalized spacial score (nSPS) is 20.7. The Hall–Kier alpha value is -2.75. The number of benzene rings is 2. The van der Waals surface area contributed by atoms with Gasteiger partial charge >= 0.3 is 0 Å². The molecule has 2 unspecified atom stereocenters. The highest BCUT2D eigenvalue weighted by Crippen LogP contribution is 2.43. The summed E-state index contributed by atoms with van der Waals surface area (Å²) in [7, 11) is -3.82. The minimum absolute atomic E-state index is 0.0233. The predicted molar refractivity (Wildman–Crippen MR) is 127 cm³/mol. The molecule has 7 nitrogen and oxygen atoms in total. The van der Waals surface area contributed by atoms with Crippen LogP contribution in [0.2, 0.25) is 5.02 Å². The largest absolute Gasteiger partial charge is 0.274 e. The molecule has 0 radical (unpaired) electrons. The molecule has 1 aromatic heterocycles. The zero-order chi connectivity index (χ0) is 23.2. The summed E-state index contributed by atoms with van der Waals surface area (Å²) >= 11 is 7.32. The first-order valence-corrected chi connectivity index (χ1v) is 13.2. The number of sulfonamides is 1. The van der Waals surface area contributed by atoms with E-state index in [2.05, 4.69) is 9.71 Å². The third-order valence-electron chi connectivity index (χ3n) is 6.19. The minimum atomic E-state index is -3.82. The van der Waals surface area contributed by atoms with Crippen molar-refractivity contribution >= 4 is 55.6 Å². The number of hydrogen-bond acceptors (Lipinski definition) is 6. The molecule has 1 aliphatic carbocycles. The lowest BCUT2D eigenvalue weighted by Crippen LogP contribution is -2.32. The van der Waals surface area contributed by atoms with Crippen LogP contribution in [0.4, 0.5) is 10.8 Å². The Bertz CT molecular complexity index is 1320. The standard InChI is InChI=1S/C23H20ClN3O4S2/c24-15-4-9-18-14(12-15)2-1-3-19(18)20-13-21(28)27(22(20)29)16-5-7-17(8-6-16)33(30,31)26-23-25-10-11-32-23/h4-12,19-20H,1-3,13H2,(H,25,26). The number of hydrogen-bond donors (Lipinski definition) is 1. The molecule has 1 saturated heterocycles. The molecule has 170 valence electrons. The van der Waals surface area contributed by atoms with Crippen molar-refractivity contribution in [1.82, 2.24) is 4.98 Å². The third-order valence-corrected chi connectivity index (χ3v) is 8.60. The smallest absolute Gasteiger partial charge is 0.263 e. The first kappa shape index (κ1) is 22.1. The van der Waals surface area contributed by atoms with Crippen molar-refractivity contribution < 1.29 is 18.0 Å². The van der Waals surface area contributed by atoms with Gasteiger partial charge in [0.25, 0.3) is 10.0 Å². The lowest BCUT2D eigenvalue weighted by molar-refractivity contribution is -0.122. The number of halogens is 1. The van der Waals surface area contributed by atoms with E-state index in [4.69, 9.17) is 11.6 Å². The number of imide groups is 1. The minimum Gasteiger partial charge on any atom is -0.274 e. The zero-order valence-electron chi connectivity index (χ0n) is 17.4. The summed E-state index contributed by atoms with van der Waals surface area (Å²) in [5.74, 6) is -0.991. The molecule has 1 aliphatic heterocycles. The van der Waals surface area contributed by atoms with Gasteiger partial charge in [0, 0.05) is 23.0 Å². The van der Waals surface area contributed by atoms with Gasteiger partial charge in [-0.3, -0.25) is 19.2 Å². The Balaban J connectivity index is 1.38. The lowest BCUT2D eigenvalue weighted by Gasteiger charge is -2.29. The first-order valence-electron chi connectivity index (χ1n) is 10.5. The van der Waals surface area contributed by atoms with E-state index in [0.717, 1.165) is 30.4 Å². The summed E-state index contributed by atoms with van der Waals surface area (Å²) in [5.41, 5.74) is 2.60. The molecule has 0 saturated carbocycles. The van der Waals surface area contributed by atoms with Gasteiger partial charge in [-0.05, 0) is 72.7 Å². The maximum absolute atomic E-state index is 13.3. The van der Waals surface area contributed by atoms with Crippen LogP contribution in [-0.2, 0) is 26.0 Å². The van der Waals surface area contributed by atoms with Gasteiger partial charge in [-0.15, -0.1) is 11.3 Å². The van der Waals surface area contributed by atoms with Crippen molar-refractivity contribution in [3.8, 4) is 0 Å². The number of nitrogens with zero attached hydrogens (tertiary/aromatic N) is 2. The van der Waals surface area contributed by atoms with Crippen LogP contribution in [0.1, 0.15) is 36.3 Å². The summed E-state index contributed by atoms with van der Waals surface area (Å²) < 4.78 is 27.5. The van der Waals surface area contributed by atoms with E-state index < -0.39 is 15.9 Å². The fourth-order valence-corrected chi connectivity index (χ4v) is 6.68. The van der Waals surface area contributed by atoms with Crippen molar-refractivity contribution in [3.05, 3.63) is 70.2 Å². The molecule has 1 fully saturated rings. The van der Waals surface area contributed by atoms with E-state index in [1.807, 2.05) is 18.2 Å². The Labute approximate surface area is 200 Å². The molecule has 5 rings (SSSR count). The Morgan fingerprint density at radius 2 is 1.88 bits per heavy atom. The molecule has 2 amide bonds. The summed E-state index contributed by atoms with van der Waals surface area (Å²) in [4.78, 5) is 31.3. The SMILES string of the molecule is O=C1CC(C2CCCc3cc(Cl)ccc32)C(=O)N1c1ccc(S(=O)(=O)Nc2nccs2)cc1. The number of anilines is 2. The van der Waals surface area contributed by atoms with E-state index in [0.29, 0.717) is 10.7 Å². The zero-order valence-corrected chi connectivity index (χ0v) is 19.8. The van der Waals surface area contributed by atoms with E-state index in [1.165, 1.54) is 46.7 Å². The Morgan fingerprint density at radius 1 is 1.09 bits per heavy atom. The number of carbonyl (C=O) groups excluding carboxylic acids is 2. The van der Waals surface area contributed by atoms with E-state index in [9.17, 15) is 18.0 Å². The molecule has 3 aromatic rings. The maximum atomic E-state index is 13.3. The van der Waals surface area contributed by atoms with Crippen LogP contribution in [-0.4, -0.2) is 25.2 Å². The number of aromatic nitrogens is 1. The van der Waals surface area contributed by atoms with Gasteiger partial charge in [-0.2, -0.15) is 0 Å². The summed E-state index contributed by atoms with van der Waals surface area (Å²) in [6, 6.07) is 11.5. The Kier molecular flexibility index (Phi) is 5.72. The molecule has 10 heteroatoms. The molecule has 2 aromatic carbocycles. The number of aryl methyl sites for hydroxylation is 1. The van der Waals surface area contributed by atoms with Gasteiger partial charge in [0.1, 0.15) is 0 Å². The summed E-state index contributed by atoms with van der Waals surface area (Å²) in [5, 5.41) is 2.60. The van der Waals surface area contributed by atoms with Crippen LogP contribution in [0, 0.1) is 5.92 Å². The number of carbonyl (C=O) groups is 2. The van der Waals surface area contributed by atoms with Gasteiger partial charge in [0.2, 0.25) is 11.8 Å². The highest BCUT2D eigenvalue weighted by Gasteiger charge is 2.45. The second-order valence-electron chi connectivity index (χ2n) is 8.16. The predicted octanol–water partition coefficient (Wildman–Crippen LogP) is 4.60. The lowest BCUT2D eigenvalue weighted by atomic mass is 9.75. The summed E-state index contributed by atoms with van der Waals surface area (Å²) in [6.45, 7) is 0. The molecule has 2 heterocycles. The van der Waals surface area contributed by atoms with Gasteiger partial charge in [0.15, 0.2) is 5.13 Å². The van der Waals surface area contributed by atoms with E-state index in [-0.39, 0.29) is 34.2 Å². The monoisotopic (exact) mass is 501 g/mol. The van der Waals surface area contributed by atoms with Gasteiger partial charge in [0.05, 0.1) is 16.5 Å². The van der Waals surface area contributed by atoms with Crippen molar-refractivity contribution in [2.75, 3.05) is 9.62 Å². The van der Waals surface area contributed by atoms with Crippen LogP contribution in [0.25, 0.3) is 0 Å². The second kappa shape index (κ2) is 8.55. The van der Waals surface area contributed by atoms with Gasteiger partial charge < -0.3 is 0 Å². The average Bonchev–Trinajstić information content (AvgIpc) is 3.40. The van der Waals surface area contributed by atoms with Crippen LogP contribution in [0.15, 0.2) is 58.9 Å². The highest BCUT2D eigenvalue weighted by atomic mass is 35.5. The molecule has 0 bridgehead atoms. The van der Waals surface area contributed by atoms with Crippen LogP contribution in [0.3, 0.4) is 0 Å². The molecular weight excluding hydrogens is 482 g/mol. The molecule has 0 spiro atoms. The number of amides is 2. The number of nitrogens with one attached hydrogen (secondary N) is 1. The van der Waals surface area contributed by atoms with Crippen LogP contribution in [0.5, 0.6) is 0 Å². The molecule has 2 atom stereocenters. The maximum Gasteiger partial charge on any atom is 0.263 e. The van der Waals surface area contributed by atoms with E-state index >= 15 is 0 Å². The molecule has 2 aliphatic rings. The van der Waals surface area contributed by atoms with Gasteiger partial charge in [-0.25, -0.2) is 13.4 Å². The third kappa shape index (κ3) is 4.16. The van der Waals surface area contributed by atoms with Crippen LogP contribution >= 0.6 is 22.9 Å². The topological polar surface area (TPSA) is 96.4 Å². The Morgan fingerprint density at radius 3 is 2.61 bits per heavy atom. The van der Waals surface area contributed by atoms with Gasteiger partial charge in [-0.1, -0.05) is 17.7 Å². The fourth-order valence-electron chi connectivity index (χ4n) is 4.70. The second-order valence-corrected chi connectivity index (χ2v) is 11.2. The van der Waals surface area contributed by atoms with Crippen LogP contribution < -0.4 is 9.62 Å². The van der Waals surface area contributed by atoms with Crippen molar-refractivity contribution in [2.45, 2.75) is 36.5 Å². The number of rotatable bonds is 5.